The fourth-order valence-corrected chi connectivity index (χ4v) is 4.65. The minimum atomic E-state index is -1.06. The molecule has 5 N–H and O–H groups in total. The third-order valence-electron chi connectivity index (χ3n) is 7.19. The number of carbonyl (C=O) groups excluding carboxylic acids is 3. The first-order valence-corrected chi connectivity index (χ1v) is 13.2. The Bertz CT molecular complexity index is 1090. The fourth-order valence-electron chi connectivity index (χ4n) is 4.65. The van der Waals surface area contributed by atoms with Gasteiger partial charge in [-0.25, -0.2) is 4.79 Å². The van der Waals surface area contributed by atoms with Crippen LogP contribution < -0.4 is 16.4 Å². The number of carboxylic acid groups (broad SMARTS) is 1. The molecule has 0 bridgehead atoms. The van der Waals surface area contributed by atoms with Crippen molar-refractivity contribution in [3.05, 3.63) is 71.8 Å². The van der Waals surface area contributed by atoms with Crippen LogP contribution in [-0.4, -0.2) is 64.4 Å². The molecule has 1 fully saturated rings. The van der Waals surface area contributed by atoms with Gasteiger partial charge >= 0.3 is 5.97 Å². The molecular formula is C29H38N4O5. The Hall–Kier alpha value is -3.72. The van der Waals surface area contributed by atoms with Crippen molar-refractivity contribution in [3.63, 3.8) is 0 Å². The van der Waals surface area contributed by atoms with E-state index in [9.17, 15) is 24.3 Å². The number of rotatable bonds is 12. The van der Waals surface area contributed by atoms with Crippen molar-refractivity contribution in [2.45, 2.75) is 70.1 Å². The molecule has 38 heavy (non-hydrogen) atoms. The van der Waals surface area contributed by atoms with Gasteiger partial charge in [0, 0.05) is 19.4 Å². The van der Waals surface area contributed by atoms with Gasteiger partial charge < -0.3 is 26.4 Å². The summed E-state index contributed by atoms with van der Waals surface area (Å²) in [4.78, 5) is 53.2. The summed E-state index contributed by atoms with van der Waals surface area (Å²) in [5.41, 5.74) is 7.78. The van der Waals surface area contributed by atoms with Crippen molar-refractivity contribution >= 4 is 23.7 Å². The van der Waals surface area contributed by atoms with Crippen LogP contribution >= 0.6 is 0 Å². The minimum Gasteiger partial charge on any atom is -0.480 e. The average molecular weight is 523 g/mol. The lowest BCUT2D eigenvalue weighted by Gasteiger charge is -2.29. The van der Waals surface area contributed by atoms with Gasteiger partial charge in [0.15, 0.2) is 0 Å². The van der Waals surface area contributed by atoms with Crippen LogP contribution in [0.4, 0.5) is 0 Å². The van der Waals surface area contributed by atoms with Crippen molar-refractivity contribution in [1.82, 2.24) is 15.5 Å². The van der Waals surface area contributed by atoms with E-state index in [1.54, 1.807) is 0 Å². The van der Waals surface area contributed by atoms with Crippen LogP contribution in [0.15, 0.2) is 60.7 Å². The molecule has 0 aromatic heterocycles. The van der Waals surface area contributed by atoms with Gasteiger partial charge in [0.25, 0.3) is 0 Å². The van der Waals surface area contributed by atoms with E-state index in [0.717, 1.165) is 11.1 Å². The van der Waals surface area contributed by atoms with Crippen molar-refractivity contribution in [1.29, 1.82) is 0 Å². The number of aliphatic carboxylic acids is 1. The summed E-state index contributed by atoms with van der Waals surface area (Å²) < 4.78 is 0. The number of carbonyl (C=O) groups is 4. The summed E-state index contributed by atoms with van der Waals surface area (Å²) in [5, 5.41) is 15.2. The standard InChI is InChI=1S/C29H38N4O5/c1-3-19(2)25(30)27(35)31-22(17-20-11-6-4-7-12-20)26(34)32-23(18-21-13-8-5-9-14-21)28(36)33-16-10-15-24(33)29(37)38/h4-9,11-14,19,22-25H,3,10,15-18,30H2,1-2H3,(H,31,35)(H,32,34)(H,37,38). The molecule has 5 atom stereocenters. The summed E-state index contributed by atoms with van der Waals surface area (Å²) >= 11 is 0. The van der Waals surface area contributed by atoms with Gasteiger partial charge in [-0.1, -0.05) is 80.9 Å². The first-order valence-electron chi connectivity index (χ1n) is 13.2. The predicted molar refractivity (Wildman–Crippen MR) is 144 cm³/mol. The van der Waals surface area contributed by atoms with E-state index < -0.39 is 47.9 Å². The third kappa shape index (κ3) is 7.64. The number of nitrogens with zero attached hydrogens (tertiary/aromatic N) is 1. The Morgan fingerprint density at radius 3 is 1.97 bits per heavy atom. The largest absolute Gasteiger partial charge is 0.480 e. The molecule has 204 valence electrons. The van der Waals surface area contributed by atoms with Crippen molar-refractivity contribution in [2.24, 2.45) is 11.7 Å². The zero-order valence-corrected chi connectivity index (χ0v) is 22.0. The highest BCUT2D eigenvalue weighted by Gasteiger charge is 2.38. The van der Waals surface area contributed by atoms with Crippen molar-refractivity contribution in [2.75, 3.05) is 6.54 Å². The van der Waals surface area contributed by atoms with Gasteiger partial charge in [-0.2, -0.15) is 0 Å². The maximum atomic E-state index is 13.6. The molecule has 3 amide bonds. The molecule has 1 aliphatic rings. The molecule has 9 heteroatoms. The Labute approximate surface area is 223 Å². The van der Waals surface area contributed by atoms with Gasteiger partial charge in [-0.3, -0.25) is 14.4 Å². The van der Waals surface area contributed by atoms with Crippen LogP contribution in [0.3, 0.4) is 0 Å². The second kappa shape index (κ2) is 13.7. The lowest BCUT2D eigenvalue weighted by molar-refractivity contribution is -0.149. The summed E-state index contributed by atoms with van der Waals surface area (Å²) in [7, 11) is 0. The highest BCUT2D eigenvalue weighted by Crippen LogP contribution is 2.20. The van der Waals surface area contributed by atoms with Crippen molar-refractivity contribution in [3.8, 4) is 0 Å². The van der Waals surface area contributed by atoms with Crippen molar-refractivity contribution < 1.29 is 24.3 Å². The molecule has 1 aliphatic heterocycles. The lowest BCUT2D eigenvalue weighted by atomic mass is 9.98. The number of carboxylic acids is 1. The highest BCUT2D eigenvalue weighted by molar-refractivity contribution is 5.94. The monoisotopic (exact) mass is 522 g/mol. The van der Waals surface area contributed by atoms with Crippen LogP contribution in [0.25, 0.3) is 0 Å². The number of likely N-dealkylation sites (tertiary alicyclic amines) is 1. The normalized spacial score (nSPS) is 18.2. The van der Waals surface area contributed by atoms with Gasteiger partial charge in [-0.05, 0) is 29.9 Å². The fraction of sp³-hybridized carbons (Fsp3) is 0.448. The quantitative estimate of drug-likeness (QED) is 0.335. The molecule has 5 unspecified atom stereocenters. The molecule has 1 saturated heterocycles. The number of amides is 3. The molecule has 0 radical (unpaired) electrons. The molecule has 3 rings (SSSR count). The molecule has 2 aromatic rings. The van der Waals surface area contributed by atoms with Crippen LogP contribution in [-0.2, 0) is 32.0 Å². The molecule has 0 spiro atoms. The smallest absolute Gasteiger partial charge is 0.326 e. The van der Waals surface area contributed by atoms with Gasteiger partial charge in [0.05, 0.1) is 6.04 Å². The van der Waals surface area contributed by atoms with E-state index in [2.05, 4.69) is 10.6 Å². The molecule has 0 saturated carbocycles. The number of hydrogen-bond acceptors (Lipinski definition) is 5. The van der Waals surface area contributed by atoms with Crippen LogP contribution in [0.1, 0.15) is 44.2 Å². The van der Waals surface area contributed by atoms with Crippen LogP contribution in [0, 0.1) is 5.92 Å². The number of nitrogens with one attached hydrogen (secondary N) is 2. The molecule has 1 heterocycles. The summed E-state index contributed by atoms with van der Waals surface area (Å²) in [6, 6.07) is 14.8. The van der Waals surface area contributed by atoms with Gasteiger partial charge in [-0.15, -0.1) is 0 Å². The molecule has 2 aromatic carbocycles. The molecule has 9 nitrogen and oxygen atoms in total. The summed E-state index contributed by atoms with van der Waals surface area (Å²) in [6.07, 6.45) is 2.05. The topological polar surface area (TPSA) is 142 Å². The van der Waals surface area contributed by atoms with E-state index >= 15 is 0 Å². The first kappa shape index (κ1) is 28.8. The Balaban J connectivity index is 1.85. The number of benzene rings is 2. The average Bonchev–Trinajstić information content (AvgIpc) is 3.42. The number of hydrogen-bond donors (Lipinski definition) is 4. The molecular weight excluding hydrogens is 484 g/mol. The third-order valence-corrected chi connectivity index (χ3v) is 7.19. The van der Waals surface area contributed by atoms with E-state index in [0.29, 0.717) is 25.8 Å². The van der Waals surface area contributed by atoms with E-state index in [4.69, 9.17) is 5.73 Å². The zero-order chi connectivity index (χ0) is 27.7. The second-order valence-corrected chi connectivity index (χ2v) is 9.94. The maximum Gasteiger partial charge on any atom is 0.326 e. The Kier molecular flexibility index (Phi) is 10.4. The van der Waals surface area contributed by atoms with Gasteiger partial charge in [0.2, 0.25) is 17.7 Å². The summed E-state index contributed by atoms with van der Waals surface area (Å²) in [6.45, 7) is 4.12. The predicted octanol–water partition coefficient (Wildman–Crippen LogP) is 1.89. The van der Waals surface area contributed by atoms with E-state index in [-0.39, 0.29) is 18.8 Å². The second-order valence-electron chi connectivity index (χ2n) is 9.94. The number of nitrogens with two attached hydrogens (primary N) is 1. The zero-order valence-electron chi connectivity index (χ0n) is 22.0. The van der Waals surface area contributed by atoms with E-state index in [1.165, 1.54) is 4.90 Å². The molecule has 0 aliphatic carbocycles. The Morgan fingerprint density at radius 2 is 1.45 bits per heavy atom. The first-order chi connectivity index (χ1) is 18.2. The van der Waals surface area contributed by atoms with Crippen LogP contribution in [0.5, 0.6) is 0 Å². The summed E-state index contributed by atoms with van der Waals surface area (Å²) in [5.74, 6) is -2.56. The Morgan fingerprint density at radius 1 is 0.921 bits per heavy atom. The SMILES string of the molecule is CCC(C)C(N)C(=O)NC(Cc1ccccc1)C(=O)NC(Cc1ccccc1)C(=O)N1CCCC1C(=O)O. The van der Waals surface area contributed by atoms with Gasteiger partial charge in [0.1, 0.15) is 18.1 Å². The highest BCUT2D eigenvalue weighted by atomic mass is 16.4. The van der Waals surface area contributed by atoms with E-state index in [1.807, 2.05) is 74.5 Å². The maximum absolute atomic E-state index is 13.6. The van der Waals surface area contributed by atoms with Crippen LogP contribution in [0.2, 0.25) is 0 Å². The minimum absolute atomic E-state index is 0.0778. The lowest BCUT2D eigenvalue weighted by Crippen LogP contribution is -2.58.